The van der Waals surface area contributed by atoms with Gasteiger partial charge >= 0.3 is 0 Å². The van der Waals surface area contributed by atoms with Gasteiger partial charge in [0.2, 0.25) is 10.0 Å². The highest BCUT2D eigenvalue weighted by Crippen LogP contribution is 2.14. The molecule has 1 aliphatic heterocycles. The zero-order valence-electron chi connectivity index (χ0n) is 12.2. The summed E-state index contributed by atoms with van der Waals surface area (Å²) in [5.74, 6) is 1.59. The Hall–Kier alpha value is -1.89. The first-order valence-electron chi connectivity index (χ1n) is 6.78. The third-order valence-corrected chi connectivity index (χ3v) is 6.51. The van der Waals surface area contributed by atoms with Gasteiger partial charge in [-0.15, -0.1) is 6.42 Å². The van der Waals surface area contributed by atoms with Crippen LogP contribution in [0.25, 0.3) is 0 Å². The molecular formula is C14H16N2O5S2. The van der Waals surface area contributed by atoms with E-state index in [4.69, 9.17) is 6.42 Å². The second-order valence-corrected chi connectivity index (χ2v) is 9.13. The molecule has 0 aliphatic carbocycles. The monoisotopic (exact) mass is 356 g/mol. The second kappa shape index (κ2) is 6.70. The van der Waals surface area contributed by atoms with Crippen LogP contribution in [0.4, 0.5) is 0 Å². The van der Waals surface area contributed by atoms with E-state index in [9.17, 15) is 21.6 Å². The van der Waals surface area contributed by atoms with Gasteiger partial charge < -0.3 is 5.32 Å². The number of carbonyl (C=O) groups is 1. The summed E-state index contributed by atoms with van der Waals surface area (Å²) in [6, 6.07) is 5.00. The highest BCUT2D eigenvalue weighted by molar-refractivity contribution is 7.91. The Morgan fingerprint density at radius 1 is 1.39 bits per heavy atom. The van der Waals surface area contributed by atoms with Crippen molar-refractivity contribution in [1.29, 1.82) is 0 Å². The quantitative estimate of drug-likeness (QED) is 0.692. The number of hydrogen-bond donors (Lipinski definition) is 2. The Labute approximate surface area is 135 Å². The van der Waals surface area contributed by atoms with Crippen LogP contribution in [0.1, 0.15) is 16.8 Å². The minimum absolute atomic E-state index is 0.0440. The average molecular weight is 356 g/mol. The van der Waals surface area contributed by atoms with Crippen molar-refractivity contribution < 1.29 is 21.6 Å². The van der Waals surface area contributed by atoms with Gasteiger partial charge in [-0.25, -0.2) is 16.8 Å². The molecule has 1 saturated heterocycles. The Morgan fingerprint density at radius 2 is 2.13 bits per heavy atom. The van der Waals surface area contributed by atoms with E-state index in [2.05, 4.69) is 16.0 Å². The standard InChI is InChI=1S/C14H16N2O5S2/c1-2-7-15-23(20,21)13-5-3-4-11(9-13)14(17)16-12-6-8-22(18,19)10-12/h1,3-5,9,12,15H,6-8,10H2,(H,16,17). The van der Waals surface area contributed by atoms with Crippen LogP contribution >= 0.6 is 0 Å². The summed E-state index contributed by atoms with van der Waals surface area (Å²) < 4.78 is 48.9. The number of carbonyl (C=O) groups excluding carboxylic acids is 1. The fraction of sp³-hybridized carbons (Fsp3) is 0.357. The normalized spacial score (nSPS) is 19.9. The van der Waals surface area contributed by atoms with Gasteiger partial charge in [0.15, 0.2) is 9.84 Å². The molecule has 124 valence electrons. The van der Waals surface area contributed by atoms with Gasteiger partial charge in [-0.3, -0.25) is 4.79 Å². The average Bonchev–Trinajstić information content (AvgIpc) is 2.84. The minimum Gasteiger partial charge on any atom is -0.348 e. The first kappa shape index (κ1) is 17.5. The van der Waals surface area contributed by atoms with Crippen LogP contribution in [0.2, 0.25) is 0 Å². The molecule has 9 heteroatoms. The molecule has 1 fully saturated rings. The first-order valence-corrected chi connectivity index (χ1v) is 10.1. The summed E-state index contributed by atoms with van der Waals surface area (Å²) in [4.78, 5) is 12.1. The van der Waals surface area contributed by atoms with Crippen molar-refractivity contribution in [2.75, 3.05) is 18.1 Å². The van der Waals surface area contributed by atoms with Gasteiger partial charge in [-0.2, -0.15) is 4.72 Å². The molecule has 23 heavy (non-hydrogen) atoms. The van der Waals surface area contributed by atoms with E-state index >= 15 is 0 Å². The molecule has 2 N–H and O–H groups in total. The number of sulfonamides is 1. The highest BCUT2D eigenvalue weighted by Gasteiger charge is 2.29. The third-order valence-electron chi connectivity index (χ3n) is 3.34. The maximum Gasteiger partial charge on any atom is 0.251 e. The largest absolute Gasteiger partial charge is 0.348 e. The Balaban J connectivity index is 2.14. The van der Waals surface area contributed by atoms with Crippen LogP contribution in [0.5, 0.6) is 0 Å². The molecule has 1 atom stereocenters. The maximum atomic E-state index is 12.2. The molecule has 1 aromatic rings. The number of terminal acetylenes is 1. The SMILES string of the molecule is C#CCNS(=O)(=O)c1cccc(C(=O)NC2CCS(=O)(=O)C2)c1. The lowest BCUT2D eigenvalue weighted by molar-refractivity contribution is 0.0941. The summed E-state index contributed by atoms with van der Waals surface area (Å²) in [6.45, 7) is -0.154. The fourth-order valence-corrected chi connectivity index (χ4v) is 4.86. The van der Waals surface area contributed by atoms with Crippen molar-refractivity contribution >= 4 is 25.8 Å². The zero-order valence-corrected chi connectivity index (χ0v) is 13.8. The zero-order chi connectivity index (χ0) is 17.1. The lowest BCUT2D eigenvalue weighted by atomic mass is 10.2. The molecule has 1 aromatic carbocycles. The molecule has 0 aromatic heterocycles. The molecule has 2 rings (SSSR count). The van der Waals surface area contributed by atoms with Crippen molar-refractivity contribution in [3.05, 3.63) is 29.8 Å². The Kier molecular flexibility index (Phi) is 5.09. The van der Waals surface area contributed by atoms with Gasteiger partial charge in [0.1, 0.15) is 0 Å². The molecule has 7 nitrogen and oxygen atoms in total. The van der Waals surface area contributed by atoms with Crippen LogP contribution in [-0.4, -0.2) is 46.8 Å². The molecular weight excluding hydrogens is 340 g/mol. The summed E-state index contributed by atoms with van der Waals surface area (Å²) in [7, 11) is -6.90. The number of nitrogens with one attached hydrogen (secondary N) is 2. The van der Waals surface area contributed by atoms with Crippen LogP contribution in [0.15, 0.2) is 29.2 Å². The molecule has 0 bridgehead atoms. The van der Waals surface area contributed by atoms with Gasteiger partial charge in [0.05, 0.1) is 22.9 Å². The topological polar surface area (TPSA) is 109 Å². The van der Waals surface area contributed by atoms with Gasteiger partial charge in [0, 0.05) is 11.6 Å². The van der Waals surface area contributed by atoms with E-state index in [-0.39, 0.29) is 28.5 Å². The second-order valence-electron chi connectivity index (χ2n) is 5.13. The van der Waals surface area contributed by atoms with Crippen molar-refractivity contribution in [1.82, 2.24) is 10.0 Å². The molecule has 1 aliphatic rings. The summed E-state index contributed by atoms with van der Waals surface area (Å²) in [6.07, 6.45) is 5.37. The lowest BCUT2D eigenvalue weighted by Gasteiger charge is -2.11. The van der Waals surface area contributed by atoms with Crippen molar-refractivity contribution in [2.45, 2.75) is 17.4 Å². The van der Waals surface area contributed by atoms with Gasteiger partial charge in [0.25, 0.3) is 5.91 Å². The van der Waals surface area contributed by atoms with Gasteiger partial charge in [-0.1, -0.05) is 12.0 Å². The van der Waals surface area contributed by atoms with E-state index in [0.717, 1.165) is 0 Å². The minimum atomic E-state index is -3.79. The van der Waals surface area contributed by atoms with Crippen LogP contribution in [-0.2, 0) is 19.9 Å². The Bertz CT molecular complexity index is 853. The van der Waals surface area contributed by atoms with E-state index in [1.165, 1.54) is 24.3 Å². The number of hydrogen-bond acceptors (Lipinski definition) is 5. The van der Waals surface area contributed by atoms with Crippen LogP contribution < -0.4 is 10.0 Å². The van der Waals surface area contributed by atoms with E-state index < -0.39 is 31.8 Å². The summed E-state index contributed by atoms with van der Waals surface area (Å²) in [5, 5.41) is 2.61. The number of rotatable bonds is 5. The maximum absolute atomic E-state index is 12.2. The van der Waals surface area contributed by atoms with Crippen molar-refractivity contribution in [3.63, 3.8) is 0 Å². The fourth-order valence-electron chi connectivity index (χ4n) is 2.20. The highest BCUT2D eigenvalue weighted by atomic mass is 32.2. The van der Waals surface area contributed by atoms with Gasteiger partial charge in [-0.05, 0) is 24.6 Å². The molecule has 1 amide bonds. The molecule has 1 heterocycles. The van der Waals surface area contributed by atoms with E-state index in [1.807, 2.05) is 0 Å². The van der Waals surface area contributed by atoms with Crippen LogP contribution in [0, 0.1) is 12.3 Å². The number of benzene rings is 1. The molecule has 0 radical (unpaired) electrons. The summed E-state index contributed by atoms with van der Waals surface area (Å²) >= 11 is 0. The molecule has 1 unspecified atom stereocenters. The molecule has 0 saturated carbocycles. The first-order chi connectivity index (χ1) is 10.7. The van der Waals surface area contributed by atoms with E-state index in [0.29, 0.717) is 6.42 Å². The lowest BCUT2D eigenvalue weighted by Crippen LogP contribution is -2.35. The van der Waals surface area contributed by atoms with Crippen LogP contribution in [0.3, 0.4) is 0 Å². The predicted octanol–water partition coefficient (Wildman–Crippen LogP) is -0.485. The number of amides is 1. The Morgan fingerprint density at radius 3 is 2.74 bits per heavy atom. The molecule has 0 spiro atoms. The number of sulfone groups is 1. The predicted molar refractivity (Wildman–Crippen MR) is 85.0 cm³/mol. The van der Waals surface area contributed by atoms with Crippen molar-refractivity contribution in [2.24, 2.45) is 0 Å². The van der Waals surface area contributed by atoms with E-state index in [1.54, 1.807) is 0 Å². The van der Waals surface area contributed by atoms with Crippen molar-refractivity contribution in [3.8, 4) is 12.3 Å². The third kappa shape index (κ3) is 4.54. The smallest absolute Gasteiger partial charge is 0.251 e. The summed E-state index contributed by atoms with van der Waals surface area (Å²) in [5.41, 5.74) is 0.137.